The maximum atomic E-state index is 11.9. The van der Waals surface area contributed by atoms with Gasteiger partial charge in [0.15, 0.2) is 0 Å². The van der Waals surface area contributed by atoms with Crippen molar-refractivity contribution in [3.05, 3.63) is 71.9 Å². The summed E-state index contributed by atoms with van der Waals surface area (Å²) in [7, 11) is 1.78. The van der Waals surface area contributed by atoms with Crippen molar-refractivity contribution in [3.63, 3.8) is 0 Å². The third-order valence-corrected chi connectivity index (χ3v) is 5.83. The second-order valence-corrected chi connectivity index (χ2v) is 8.29. The first-order chi connectivity index (χ1) is 15.5. The summed E-state index contributed by atoms with van der Waals surface area (Å²) in [6, 6.07) is 17.4. The topological polar surface area (TPSA) is 112 Å². The van der Waals surface area contributed by atoms with E-state index in [2.05, 4.69) is 20.1 Å². The van der Waals surface area contributed by atoms with Crippen LogP contribution in [0.15, 0.2) is 60.8 Å². The van der Waals surface area contributed by atoms with E-state index in [0.717, 1.165) is 39.3 Å². The Morgan fingerprint density at radius 3 is 2.88 bits per heavy atom. The number of fused-ring (bicyclic) bond motifs is 2. The Kier molecular flexibility index (Phi) is 5.17. The van der Waals surface area contributed by atoms with Crippen LogP contribution < -0.4 is 14.9 Å². The SMILES string of the molecule is CN1C(=O)Cc2cc(Nc3ncc4ccc(-c5cccc(CNS(=O)O)c5)n4n3)ccc21. The lowest BCUT2D eigenvalue weighted by atomic mass is 10.1. The molecule has 0 fully saturated rings. The Labute approximate surface area is 186 Å². The van der Waals surface area contributed by atoms with E-state index in [1.54, 1.807) is 22.7 Å². The minimum absolute atomic E-state index is 0.0782. The fraction of sp³-hybridized carbons (Fsp3) is 0.136. The number of likely N-dealkylation sites (N-methyl/N-ethyl adjacent to an activating group) is 1. The number of amides is 1. The number of aromatic nitrogens is 3. The molecule has 1 unspecified atom stereocenters. The van der Waals surface area contributed by atoms with Crippen molar-refractivity contribution in [1.82, 2.24) is 19.3 Å². The molecule has 9 nitrogen and oxygen atoms in total. The van der Waals surface area contributed by atoms with E-state index in [1.165, 1.54) is 0 Å². The highest BCUT2D eigenvalue weighted by Gasteiger charge is 2.24. The lowest BCUT2D eigenvalue weighted by molar-refractivity contribution is -0.117. The van der Waals surface area contributed by atoms with E-state index in [0.29, 0.717) is 12.4 Å². The van der Waals surface area contributed by atoms with E-state index in [1.807, 2.05) is 54.6 Å². The maximum Gasteiger partial charge on any atom is 0.245 e. The number of carbonyl (C=O) groups is 1. The average Bonchev–Trinajstić information content (AvgIpc) is 3.32. The van der Waals surface area contributed by atoms with Crippen LogP contribution in [-0.4, -0.2) is 36.3 Å². The summed E-state index contributed by atoms with van der Waals surface area (Å²) < 4.78 is 24.1. The summed E-state index contributed by atoms with van der Waals surface area (Å²) in [6.45, 7) is 0.276. The van der Waals surface area contributed by atoms with Gasteiger partial charge in [-0.05, 0) is 47.5 Å². The van der Waals surface area contributed by atoms with Crippen molar-refractivity contribution in [3.8, 4) is 11.3 Å². The Hall–Kier alpha value is -3.60. The van der Waals surface area contributed by atoms with Crippen molar-refractivity contribution in [2.45, 2.75) is 13.0 Å². The van der Waals surface area contributed by atoms with Crippen LogP contribution in [0.25, 0.3) is 16.8 Å². The molecular weight excluding hydrogens is 428 g/mol. The molecule has 2 aromatic carbocycles. The molecule has 0 aliphatic carbocycles. The van der Waals surface area contributed by atoms with Gasteiger partial charge in [0.25, 0.3) is 0 Å². The summed E-state index contributed by atoms with van der Waals surface area (Å²) in [6.07, 6.45) is 2.13. The van der Waals surface area contributed by atoms with Crippen LogP contribution in [-0.2, 0) is 29.0 Å². The number of hydrogen-bond donors (Lipinski definition) is 3. The summed E-state index contributed by atoms with van der Waals surface area (Å²) in [5.74, 6) is 0.510. The number of rotatable bonds is 6. The van der Waals surface area contributed by atoms with E-state index < -0.39 is 11.3 Å². The van der Waals surface area contributed by atoms with Gasteiger partial charge < -0.3 is 10.2 Å². The summed E-state index contributed by atoms with van der Waals surface area (Å²) >= 11 is -2.06. The normalized spacial score (nSPS) is 14.1. The molecule has 0 spiro atoms. The maximum absolute atomic E-state index is 11.9. The molecule has 10 heteroatoms. The zero-order chi connectivity index (χ0) is 22.2. The van der Waals surface area contributed by atoms with E-state index in [-0.39, 0.29) is 12.5 Å². The van der Waals surface area contributed by atoms with Crippen molar-refractivity contribution in [1.29, 1.82) is 0 Å². The monoisotopic (exact) mass is 448 g/mol. The van der Waals surface area contributed by atoms with Gasteiger partial charge in [-0.25, -0.2) is 18.4 Å². The van der Waals surface area contributed by atoms with Gasteiger partial charge in [-0.2, -0.15) is 0 Å². The molecule has 0 saturated heterocycles. The van der Waals surface area contributed by atoms with E-state index in [9.17, 15) is 9.00 Å². The number of nitrogens with zero attached hydrogens (tertiary/aromatic N) is 4. The third-order valence-electron chi connectivity index (χ3n) is 5.43. The zero-order valence-electron chi connectivity index (χ0n) is 17.1. The quantitative estimate of drug-likeness (QED) is 0.391. The van der Waals surface area contributed by atoms with Crippen LogP contribution in [0.3, 0.4) is 0 Å². The number of nitrogens with one attached hydrogen (secondary N) is 2. The fourth-order valence-electron chi connectivity index (χ4n) is 3.84. The molecule has 32 heavy (non-hydrogen) atoms. The molecule has 0 saturated carbocycles. The minimum atomic E-state index is -2.06. The largest absolute Gasteiger partial charge is 0.323 e. The van der Waals surface area contributed by atoms with Crippen LogP contribution in [0.2, 0.25) is 0 Å². The van der Waals surface area contributed by atoms with Crippen molar-refractivity contribution in [2.75, 3.05) is 17.3 Å². The van der Waals surface area contributed by atoms with Gasteiger partial charge in [0.05, 0.1) is 23.8 Å². The number of anilines is 3. The molecule has 0 radical (unpaired) electrons. The average molecular weight is 449 g/mol. The Balaban J connectivity index is 1.44. The van der Waals surface area contributed by atoms with E-state index in [4.69, 9.17) is 4.55 Å². The van der Waals surface area contributed by atoms with Crippen LogP contribution in [0, 0.1) is 0 Å². The molecule has 1 aliphatic rings. The van der Waals surface area contributed by atoms with Crippen molar-refractivity contribution >= 4 is 40.0 Å². The molecule has 3 N–H and O–H groups in total. The fourth-order valence-corrected chi connectivity index (χ4v) is 4.13. The molecule has 5 rings (SSSR count). The molecule has 2 aromatic heterocycles. The first-order valence-electron chi connectivity index (χ1n) is 9.93. The standard InChI is InChI=1S/C22H20N6O3S/c1-27-19-7-5-17(10-16(19)11-21(27)29)25-22-23-13-18-6-8-20(28(18)26-22)15-4-2-3-14(9-15)12-24-32(30)31/h2-10,13,24H,11-12H2,1H3,(H,25,26)(H,30,31). The smallest absolute Gasteiger partial charge is 0.245 e. The second-order valence-electron chi connectivity index (χ2n) is 7.51. The molecule has 0 bridgehead atoms. The zero-order valence-corrected chi connectivity index (χ0v) is 18.0. The Bertz CT molecular complexity index is 1370. The summed E-state index contributed by atoms with van der Waals surface area (Å²) in [5, 5.41) is 7.87. The highest BCUT2D eigenvalue weighted by Crippen LogP contribution is 2.31. The van der Waals surface area contributed by atoms with Crippen LogP contribution in [0.5, 0.6) is 0 Å². The van der Waals surface area contributed by atoms with Gasteiger partial charge in [-0.1, -0.05) is 18.2 Å². The van der Waals surface area contributed by atoms with Gasteiger partial charge in [0.2, 0.25) is 23.1 Å². The molecule has 1 amide bonds. The molecule has 1 aliphatic heterocycles. The highest BCUT2D eigenvalue weighted by molar-refractivity contribution is 7.77. The molecule has 3 heterocycles. The summed E-state index contributed by atoms with van der Waals surface area (Å²) in [5.41, 5.74) is 6.22. The highest BCUT2D eigenvalue weighted by atomic mass is 32.2. The van der Waals surface area contributed by atoms with Crippen LogP contribution in [0.1, 0.15) is 11.1 Å². The van der Waals surface area contributed by atoms with E-state index >= 15 is 0 Å². The predicted octanol–water partition coefficient (Wildman–Crippen LogP) is 2.89. The van der Waals surface area contributed by atoms with Gasteiger partial charge in [-0.15, -0.1) is 5.10 Å². The lowest BCUT2D eigenvalue weighted by Crippen LogP contribution is -2.20. The first kappa shape index (κ1) is 20.3. The number of carbonyl (C=O) groups excluding carboxylic acids is 1. The lowest BCUT2D eigenvalue weighted by Gasteiger charge is -2.11. The van der Waals surface area contributed by atoms with Gasteiger partial charge >= 0.3 is 0 Å². The van der Waals surface area contributed by atoms with Gasteiger partial charge in [0.1, 0.15) is 0 Å². The van der Waals surface area contributed by atoms with Crippen molar-refractivity contribution in [2.24, 2.45) is 0 Å². The van der Waals surface area contributed by atoms with Gasteiger partial charge in [0, 0.05) is 30.5 Å². The Morgan fingerprint density at radius 2 is 2.03 bits per heavy atom. The minimum Gasteiger partial charge on any atom is -0.323 e. The number of hydrogen-bond acceptors (Lipinski definition) is 5. The number of benzene rings is 2. The molecular formula is C22H20N6O3S. The molecule has 162 valence electrons. The molecule has 1 atom stereocenters. The second kappa shape index (κ2) is 8.15. The predicted molar refractivity (Wildman–Crippen MR) is 123 cm³/mol. The summed E-state index contributed by atoms with van der Waals surface area (Å²) in [4.78, 5) is 18.0. The molecule has 4 aromatic rings. The van der Waals surface area contributed by atoms with Gasteiger partial charge in [-0.3, -0.25) is 9.35 Å². The third kappa shape index (κ3) is 3.86. The van der Waals surface area contributed by atoms with Crippen molar-refractivity contribution < 1.29 is 13.6 Å². The first-order valence-corrected chi connectivity index (χ1v) is 11.0. The Morgan fingerprint density at radius 1 is 1.16 bits per heavy atom. The van der Waals surface area contributed by atoms with Crippen LogP contribution in [0.4, 0.5) is 17.3 Å². The van der Waals surface area contributed by atoms with Crippen LogP contribution >= 0.6 is 0 Å².